The molecule has 0 aliphatic rings. The molecule has 7 nitrogen and oxygen atoms in total. The molecule has 0 fully saturated rings. The van der Waals surface area contributed by atoms with Gasteiger partial charge in [0.2, 0.25) is 5.78 Å². The maximum atomic E-state index is 12.1. The predicted octanol–water partition coefficient (Wildman–Crippen LogP) is 3.09. The Kier molecular flexibility index (Phi) is 5.69. The van der Waals surface area contributed by atoms with Crippen LogP contribution in [0.3, 0.4) is 0 Å². The van der Waals surface area contributed by atoms with Gasteiger partial charge < -0.3 is 9.84 Å². The predicted molar refractivity (Wildman–Crippen MR) is 74.8 cm³/mol. The van der Waals surface area contributed by atoms with E-state index in [2.05, 4.69) is 0 Å². The van der Waals surface area contributed by atoms with E-state index in [0.29, 0.717) is 0 Å². The molecule has 0 aliphatic carbocycles. The van der Waals surface area contributed by atoms with E-state index in [-0.39, 0.29) is 22.2 Å². The number of carboxylic acid groups (broad SMARTS) is 1. The fourth-order valence-corrected chi connectivity index (χ4v) is 1.90. The van der Waals surface area contributed by atoms with Crippen LogP contribution in [0.2, 0.25) is 10.0 Å². The second kappa shape index (κ2) is 7.05. The summed E-state index contributed by atoms with van der Waals surface area (Å²) in [6.07, 6.45) is 0.765. The van der Waals surface area contributed by atoms with Crippen molar-refractivity contribution in [3.8, 4) is 0 Å². The first-order valence-corrected chi connectivity index (χ1v) is 6.28. The molecule has 0 aromatic heterocycles. The topological polar surface area (TPSA) is 107 Å². The second-order valence-corrected chi connectivity index (χ2v) is 4.48. The van der Waals surface area contributed by atoms with E-state index in [1.807, 2.05) is 0 Å². The zero-order valence-electron chi connectivity index (χ0n) is 10.6. The zero-order valence-corrected chi connectivity index (χ0v) is 12.1. The number of ether oxygens (including phenoxy) is 1. The maximum Gasteiger partial charge on any atom is 0.342 e. The largest absolute Gasteiger partial charge is 0.500 e. The molecule has 21 heavy (non-hydrogen) atoms. The highest BCUT2D eigenvalue weighted by Crippen LogP contribution is 2.32. The van der Waals surface area contributed by atoms with Gasteiger partial charge in [-0.15, -0.1) is 0 Å². The molecule has 0 bridgehead atoms. The molecule has 1 aromatic rings. The van der Waals surface area contributed by atoms with Crippen molar-refractivity contribution in [2.75, 3.05) is 6.61 Å². The number of carboxylic acids is 1. The van der Waals surface area contributed by atoms with E-state index in [1.54, 1.807) is 6.92 Å². The average molecular weight is 334 g/mol. The first kappa shape index (κ1) is 16.9. The normalized spacial score (nSPS) is 11.1. The van der Waals surface area contributed by atoms with Crippen molar-refractivity contribution in [1.82, 2.24) is 0 Å². The van der Waals surface area contributed by atoms with Crippen molar-refractivity contribution in [2.24, 2.45) is 0 Å². The lowest BCUT2D eigenvalue weighted by Gasteiger charge is -2.06. The van der Waals surface area contributed by atoms with Gasteiger partial charge in [-0.05, 0) is 13.0 Å². The lowest BCUT2D eigenvalue weighted by atomic mass is 10.0. The van der Waals surface area contributed by atoms with Gasteiger partial charge in [0, 0.05) is 11.6 Å². The molecule has 0 saturated carbocycles. The van der Waals surface area contributed by atoms with Crippen LogP contribution < -0.4 is 0 Å². The molecule has 1 N–H and O–H groups in total. The number of benzene rings is 1. The molecule has 0 unspecified atom stereocenters. The van der Waals surface area contributed by atoms with E-state index in [1.165, 1.54) is 0 Å². The molecule has 1 rings (SSSR count). The Labute approximate surface area is 128 Å². The second-order valence-electron chi connectivity index (χ2n) is 3.66. The fourth-order valence-electron chi connectivity index (χ4n) is 1.36. The lowest BCUT2D eigenvalue weighted by molar-refractivity contribution is -0.384. The van der Waals surface area contributed by atoms with Gasteiger partial charge in [0.1, 0.15) is 16.9 Å². The van der Waals surface area contributed by atoms with Crippen molar-refractivity contribution in [1.29, 1.82) is 0 Å². The van der Waals surface area contributed by atoms with Crippen LogP contribution in [-0.2, 0) is 9.53 Å². The number of rotatable bonds is 6. The fraction of sp³-hybridized carbons (Fsp3) is 0.167. The van der Waals surface area contributed by atoms with Crippen LogP contribution in [0.15, 0.2) is 24.0 Å². The highest BCUT2D eigenvalue weighted by molar-refractivity contribution is 6.39. The van der Waals surface area contributed by atoms with E-state index in [4.69, 9.17) is 33.0 Å². The molecule has 0 aliphatic heterocycles. The Morgan fingerprint density at radius 2 is 2.00 bits per heavy atom. The highest BCUT2D eigenvalue weighted by Gasteiger charge is 2.26. The van der Waals surface area contributed by atoms with E-state index in [9.17, 15) is 19.7 Å². The Bertz CT molecular complexity index is 641. The molecule has 0 spiro atoms. The molecule has 9 heteroatoms. The van der Waals surface area contributed by atoms with Crippen LogP contribution in [0.4, 0.5) is 5.69 Å². The number of carbonyl (C=O) groups is 2. The molecule has 0 amide bonds. The Morgan fingerprint density at radius 1 is 1.38 bits per heavy atom. The van der Waals surface area contributed by atoms with Crippen LogP contribution in [0.5, 0.6) is 0 Å². The number of hydrogen-bond acceptors (Lipinski definition) is 5. The molecule has 0 atom stereocenters. The van der Waals surface area contributed by atoms with Crippen molar-refractivity contribution in [2.45, 2.75) is 6.92 Å². The summed E-state index contributed by atoms with van der Waals surface area (Å²) in [7, 11) is 0. The molecular formula is C12H9Cl2NO6. The van der Waals surface area contributed by atoms with Gasteiger partial charge in [0.25, 0.3) is 5.69 Å². The van der Waals surface area contributed by atoms with Crippen molar-refractivity contribution in [3.05, 3.63) is 49.7 Å². The molecule has 0 heterocycles. The molecule has 112 valence electrons. The highest BCUT2D eigenvalue weighted by atomic mass is 35.5. The van der Waals surface area contributed by atoms with Crippen LogP contribution in [0.25, 0.3) is 0 Å². The van der Waals surface area contributed by atoms with Gasteiger partial charge in [-0.2, -0.15) is 0 Å². The number of halogens is 2. The minimum atomic E-state index is -1.54. The molecule has 0 radical (unpaired) electrons. The quantitative estimate of drug-likeness (QED) is 0.163. The first-order chi connectivity index (χ1) is 9.79. The zero-order chi connectivity index (χ0) is 16.2. The van der Waals surface area contributed by atoms with Gasteiger partial charge >= 0.3 is 5.97 Å². The first-order valence-electron chi connectivity index (χ1n) is 5.52. The number of nitrogens with zero attached hydrogens (tertiary/aromatic N) is 1. The van der Waals surface area contributed by atoms with Gasteiger partial charge in [0.05, 0.1) is 16.6 Å². The number of carbonyl (C=O) groups excluding carboxylic acids is 1. The van der Waals surface area contributed by atoms with Crippen LogP contribution in [0.1, 0.15) is 17.3 Å². The van der Waals surface area contributed by atoms with Crippen LogP contribution in [0, 0.1) is 10.1 Å². The Balaban J connectivity index is 3.38. The summed E-state index contributed by atoms with van der Waals surface area (Å²) in [5.74, 6) is -2.55. The summed E-state index contributed by atoms with van der Waals surface area (Å²) < 4.78 is 4.77. The van der Waals surface area contributed by atoms with Crippen LogP contribution in [-0.4, -0.2) is 28.4 Å². The van der Waals surface area contributed by atoms with Gasteiger partial charge in [-0.1, -0.05) is 23.2 Å². The number of nitro groups is 1. The van der Waals surface area contributed by atoms with Gasteiger partial charge in [0.15, 0.2) is 0 Å². The van der Waals surface area contributed by atoms with Crippen molar-refractivity contribution < 1.29 is 24.4 Å². The SMILES string of the molecule is CCOC=C(C(=O)O)C(=O)c1cc([N+](=O)[O-])c(Cl)cc1Cl. The van der Waals surface area contributed by atoms with E-state index < -0.39 is 27.9 Å². The number of hydrogen-bond donors (Lipinski definition) is 1. The monoisotopic (exact) mass is 333 g/mol. The van der Waals surface area contributed by atoms with Gasteiger partial charge in [-0.25, -0.2) is 4.79 Å². The van der Waals surface area contributed by atoms with E-state index in [0.717, 1.165) is 18.4 Å². The third kappa shape index (κ3) is 3.93. The summed E-state index contributed by atoms with van der Waals surface area (Å²) in [6, 6.07) is 1.84. The number of Topliss-reactive ketones (excluding diaryl/α,β-unsaturated/α-hetero) is 1. The number of ketones is 1. The third-order valence-electron chi connectivity index (χ3n) is 2.32. The van der Waals surface area contributed by atoms with Gasteiger partial charge in [-0.3, -0.25) is 14.9 Å². The number of nitro benzene ring substituents is 1. The minimum Gasteiger partial charge on any atom is -0.500 e. The Morgan fingerprint density at radius 3 is 2.48 bits per heavy atom. The standard InChI is InChI=1S/C12H9Cl2NO6/c1-2-21-5-7(12(17)18)11(16)6-3-10(15(19)20)9(14)4-8(6)13/h3-5H,2H2,1H3,(H,17,18). The smallest absolute Gasteiger partial charge is 0.342 e. The number of aliphatic carboxylic acids is 1. The Hall–Kier alpha value is -2.12. The van der Waals surface area contributed by atoms with Crippen molar-refractivity contribution in [3.63, 3.8) is 0 Å². The minimum absolute atomic E-state index is 0.151. The molecule has 0 saturated heterocycles. The van der Waals surface area contributed by atoms with E-state index >= 15 is 0 Å². The summed E-state index contributed by atoms with van der Waals surface area (Å²) in [6.45, 7) is 1.75. The summed E-state index contributed by atoms with van der Waals surface area (Å²) >= 11 is 11.4. The van der Waals surface area contributed by atoms with Crippen molar-refractivity contribution >= 4 is 40.6 Å². The average Bonchev–Trinajstić information content (AvgIpc) is 2.38. The molecule has 1 aromatic carbocycles. The molecular weight excluding hydrogens is 325 g/mol. The summed E-state index contributed by atoms with van der Waals surface area (Å²) in [5.41, 5.74) is -1.60. The van der Waals surface area contributed by atoms with Crippen LogP contribution >= 0.6 is 23.2 Å². The summed E-state index contributed by atoms with van der Waals surface area (Å²) in [4.78, 5) is 33.2. The maximum absolute atomic E-state index is 12.1. The lowest BCUT2D eigenvalue weighted by Crippen LogP contribution is -2.14. The third-order valence-corrected chi connectivity index (χ3v) is 2.94. The summed E-state index contributed by atoms with van der Waals surface area (Å²) in [5, 5.41) is 19.3.